The molecule has 0 spiro atoms. The average molecular weight is 274 g/mol. The van der Waals surface area contributed by atoms with Crippen LogP contribution >= 0.6 is 11.3 Å². The molecule has 2 rings (SSSR count). The van der Waals surface area contributed by atoms with Crippen molar-refractivity contribution >= 4 is 27.3 Å². The lowest BCUT2D eigenvalue weighted by Gasteiger charge is -2.14. The largest absolute Gasteiger partial charge is 0.342 e. The Morgan fingerprint density at radius 1 is 1.35 bits per heavy atom. The molecule has 94 valence electrons. The number of hydrogen-bond donors (Lipinski definition) is 1. The van der Waals surface area contributed by atoms with Crippen LogP contribution in [0.2, 0.25) is 0 Å². The van der Waals surface area contributed by atoms with Gasteiger partial charge >= 0.3 is 0 Å². The minimum atomic E-state index is -3.64. The Hall–Kier alpha value is -0.920. The molecule has 0 unspecified atom stereocenters. The van der Waals surface area contributed by atoms with Crippen LogP contribution in [0.1, 0.15) is 17.7 Å². The van der Waals surface area contributed by atoms with Crippen molar-refractivity contribution in [2.45, 2.75) is 23.5 Å². The van der Waals surface area contributed by atoms with Crippen LogP contribution in [0.15, 0.2) is 16.3 Å². The number of thiophene rings is 1. The first-order valence-corrected chi connectivity index (χ1v) is 7.72. The standard InChI is InChI=1S/C10H14N2O3S2/c11-17(14,15)10-4-3-8(16-10)7-9(13)12-5-1-2-6-12/h3-4H,1-2,5-7H2,(H2,11,14,15). The minimum Gasteiger partial charge on any atom is -0.342 e. The zero-order valence-electron chi connectivity index (χ0n) is 9.26. The highest BCUT2D eigenvalue weighted by atomic mass is 32.2. The van der Waals surface area contributed by atoms with E-state index in [2.05, 4.69) is 0 Å². The van der Waals surface area contributed by atoms with Gasteiger partial charge in [0.15, 0.2) is 0 Å². The van der Waals surface area contributed by atoms with Crippen LogP contribution in [0.5, 0.6) is 0 Å². The van der Waals surface area contributed by atoms with Gasteiger partial charge in [0, 0.05) is 18.0 Å². The van der Waals surface area contributed by atoms with Crippen molar-refractivity contribution in [2.75, 3.05) is 13.1 Å². The molecule has 0 atom stereocenters. The second-order valence-electron chi connectivity index (χ2n) is 4.03. The number of primary sulfonamides is 1. The Morgan fingerprint density at radius 3 is 2.53 bits per heavy atom. The van der Waals surface area contributed by atoms with E-state index < -0.39 is 10.0 Å². The van der Waals surface area contributed by atoms with Gasteiger partial charge in [-0.3, -0.25) is 4.79 Å². The van der Waals surface area contributed by atoms with Gasteiger partial charge in [0.05, 0.1) is 6.42 Å². The Balaban J connectivity index is 2.04. The Bertz CT molecular complexity index is 515. The molecule has 2 N–H and O–H groups in total. The third-order valence-corrected chi connectivity index (χ3v) is 5.23. The quantitative estimate of drug-likeness (QED) is 0.874. The average Bonchev–Trinajstić information content (AvgIpc) is 2.85. The van der Waals surface area contributed by atoms with E-state index in [0.29, 0.717) is 0 Å². The smallest absolute Gasteiger partial charge is 0.247 e. The summed E-state index contributed by atoms with van der Waals surface area (Å²) in [4.78, 5) is 14.4. The maximum absolute atomic E-state index is 11.8. The van der Waals surface area contributed by atoms with Gasteiger partial charge in [-0.2, -0.15) is 0 Å². The molecule has 0 saturated carbocycles. The van der Waals surface area contributed by atoms with Crippen molar-refractivity contribution in [1.29, 1.82) is 0 Å². The molecule has 1 saturated heterocycles. The summed E-state index contributed by atoms with van der Waals surface area (Å²) in [6, 6.07) is 3.10. The summed E-state index contributed by atoms with van der Waals surface area (Å²) in [5.74, 6) is 0.0605. The summed E-state index contributed by atoms with van der Waals surface area (Å²) in [7, 11) is -3.64. The van der Waals surface area contributed by atoms with E-state index in [9.17, 15) is 13.2 Å². The molecule has 1 fully saturated rings. The Labute approximate surface area is 104 Å². The normalized spacial score (nSPS) is 16.4. The van der Waals surface area contributed by atoms with Crippen LogP contribution in [0.25, 0.3) is 0 Å². The highest BCUT2D eigenvalue weighted by Gasteiger charge is 2.19. The number of carbonyl (C=O) groups excluding carboxylic acids is 1. The third-order valence-electron chi connectivity index (χ3n) is 2.70. The van der Waals surface area contributed by atoms with Crippen LogP contribution < -0.4 is 5.14 Å². The van der Waals surface area contributed by atoms with E-state index in [1.165, 1.54) is 6.07 Å². The summed E-state index contributed by atoms with van der Waals surface area (Å²) >= 11 is 1.07. The van der Waals surface area contributed by atoms with Crippen molar-refractivity contribution < 1.29 is 13.2 Å². The van der Waals surface area contributed by atoms with Gasteiger partial charge in [-0.05, 0) is 25.0 Å². The molecule has 1 aromatic heterocycles. The first kappa shape index (κ1) is 12.5. The van der Waals surface area contributed by atoms with Crippen molar-refractivity contribution in [3.8, 4) is 0 Å². The number of carbonyl (C=O) groups is 1. The molecule has 1 aliphatic heterocycles. The summed E-state index contributed by atoms with van der Waals surface area (Å²) in [5, 5.41) is 5.01. The summed E-state index contributed by atoms with van der Waals surface area (Å²) in [6.45, 7) is 1.62. The van der Waals surface area contributed by atoms with E-state index in [1.54, 1.807) is 6.07 Å². The van der Waals surface area contributed by atoms with Crippen LogP contribution in [0.4, 0.5) is 0 Å². The lowest BCUT2D eigenvalue weighted by atomic mass is 10.3. The van der Waals surface area contributed by atoms with Crippen LogP contribution in [-0.4, -0.2) is 32.3 Å². The number of hydrogen-bond acceptors (Lipinski definition) is 4. The molecule has 1 aliphatic rings. The van der Waals surface area contributed by atoms with E-state index in [1.807, 2.05) is 4.90 Å². The highest BCUT2D eigenvalue weighted by molar-refractivity contribution is 7.91. The molecular formula is C10H14N2O3S2. The number of rotatable bonds is 3. The molecule has 17 heavy (non-hydrogen) atoms. The van der Waals surface area contributed by atoms with Gasteiger partial charge in [-0.25, -0.2) is 13.6 Å². The molecule has 0 aromatic carbocycles. The lowest BCUT2D eigenvalue weighted by Crippen LogP contribution is -2.28. The zero-order valence-corrected chi connectivity index (χ0v) is 10.9. The van der Waals surface area contributed by atoms with Crippen molar-refractivity contribution in [2.24, 2.45) is 5.14 Å². The van der Waals surface area contributed by atoms with Gasteiger partial charge in [-0.1, -0.05) is 0 Å². The topological polar surface area (TPSA) is 80.5 Å². The van der Waals surface area contributed by atoms with Gasteiger partial charge in [0.2, 0.25) is 15.9 Å². The monoisotopic (exact) mass is 274 g/mol. The van der Waals surface area contributed by atoms with Crippen molar-refractivity contribution in [3.63, 3.8) is 0 Å². The second-order valence-corrected chi connectivity index (χ2v) is 6.99. The summed E-state index contributed by atoms with van der Waals surface area (Å²) in [5.41, 5.74) is 0. The number of sulfonamides is 1. The fraction of sp³-hybridized carbons (Fsp3) is 0.500. The van der Waals surface area contributed by atoms with Gasteiger partial charge < -0.3 is 4.90 Å². The second kappa shape index (κ2) is 4.75. The van der Waals surface area contributed by atoms with E-state index in [4.69, 9.17) is 5.14 Å². The Morgan fingerprint density at radius 2 is 2.00 bits per heavy atom. The third kappa shape index (κ3) is 3.05. The van der Waals surface area contributed by atoms with Crippen molar-refractivity contribution in [1.82, 2.24) is 4.90 Å². The molecule has 2 heterocycles. The molecule has 1 aromatic rings. The molecule has 1 amide bonds. The fourth-order valence-corrected chi connectivity index (χ4v) is 3.60. The van der Waals surface area contributed by atoms with Gasteiger partial charge in [-0.15, -0.1) is 11.3 Å². The van der Waals surface area contributed by atoms with E-state index >= 15 is 0 Å². The van der Waals surface area contributed by atoms with Crippen LogP contribution in [0, 0.1) is 0 Å². The minimum absolute atomic E-state index is 0.0605. The van der Waals surface area contributed by atoms with Gasteiger partial charge in [0.25, 0.3) is 0 Å². The number of likely N-dealkylation sites (tertiary alicyclic amines) is 1. The maximum Gasteiger partial charge on any atom is 0.247 e. The highest BCUT2D eigenvalue weighted by Crippen LogP contribution is 2.21. The number of nitrogens with zero attached hydrogens (tertiary/aromatic N) is 1. The zero-order chi connectivity index (χ0) is 12.5. The van der Waals surface area contributed by atoms with E-state index in [0.717, 1.165) is 42.1 Å². The SMILES string of the molecule is NS(=O)(=O)c1ccc(CC(=O)N2CCCC2)s1. The number of amides is 1. The predicted octanol–water partition coefficient (Wildman–Crippen LogP) is 0.560. The predicted molar refractivity (Wildman–Crippen MR) is 65.2 cm³/mol. The summed E-state index contributed by atoms with van der Waals surface area (Å²) in [6.07, 6.45) is 2.37. The lowest BCUT2D eigenvalue weighted by molar-refractivity contribution is -0.129. The number of nitrogens with two attached hydrogens (primary N) is 1. The van der Waals surface area contributed by atoms with Crippen molar-refractivity contribution in [3.05, 3.63) is 17.0 Å². The molecular weight excluding hydrogens is 260 g/mol. The first-order chi connectivity index (χ1) is 7.97. The molecule has 7 heteroatoms. The molecule has 0 radical (unpaired) electrons. The Kier molecular flexibility index (Phi) is 3.50. The maximum atomic E-state index is 11.8. The first-order valence-electron chi connectivity index (χ1n) is 5.36. The summed E-state index contributed by atoms with van der Waals surface area (Å²) < 4.78 is 22.3. The molecule has 0 bridgehead atoms. The molecule has 0 aliphatic carbocycles. The van der Waals surface area contributed by atoms with Crippen LogP contribution in [0.3, 0.4) is 0 Å². The van der Waals surface area contributed by atoms with Crippen LogP contribution in [-0.2, 0) is 21.2 Å². The van der Waals surface area contributed by atoms with E-state index in [-0.39, 0.29) is 16.5 Å². The molecule has 5 nitrogen and oxygen atoms in total. The van der Waals surface area contributed by atoms with Gasteiger partial charge in [0.1, 0.15) is 4.21 Å². The fourth-order valence-electron chi connectivity index (χ4n) is 1.83.